The van der Waals surface area contributed by atoms with Gasteiger partial charge in [-0.2, -0.15) is 0 Å². The Balaban J connectivity index is 1.25. The number of thiazole rings is 1. The number of Topliss-reactive ketones (excluding diaryl/α,β-unsaturated/α-hetero) is 1. The zero-order valence-corrected chi connectivity index (χ0v) is 18.0. The number of nitrogens with zero attached hydrogens (tertiary/aromatic N) is 1. The van der Waals surface area contributed by atoms with Crippen molar-refractivity contribution < 1.29 is 19.1 Å². The first-order valence-electron chi connectivity index (χ1n) is 9.89. The molecule has 0 spiro atoms. The molecule has 3 N–H and O–H groups in total. The molecule has 2 amide bonds. The lowest BCUT2D eigenvalue weighted by Gasteiger charge is -2.13. The van der Waals surface area contributed by atoms with Gasteiger partial charge in [0.2, 0.25) is 0 Å². The lowest BCUT2D eigenvalue weighted by Crippen LogP contribution is -2.46. The standard InChI is InChI=1S/C22H22N4O4S/c1-12-7-8-16(21-15(27)9-13(2)20(12)21)30-11-19(29)26-25-18(28)10-23-22-24-14-5-3-4-6-17(14)31-22/h3-8,13H,9-11H2,1-2H3,(H,23,24)(H,25,28)(H,26,29). The summed E-state index contributed by atoms with van der Waals surface area (Å²) >= 11 is 1.44. The summed E-state index contributed by atoms with van der Waals surface area (Å²) in [5.74, 6) is -0.388. The van der Waals surface area contributed by atoms with Crippen molar-refractivity contribution in [2.24, 2.45) is 0 Å². The third-order valence-electron chi connectivity index (χ3n) is 5.08. The zero-order chi connectivity index (χ0) is 22.0. The van der Waals surface area contributed by atoms with E-state index in [2.05, 4.69) is 21.2 Å². The smallest absolute Gasteiger partial charge is 0.276 e. The Hall–Kier alpha value is -3.46. The van der Waals surface area contributed by atoms with Crippen LogP contribution in [0.1, 0.15) is 40.7 Å². The van der Waals surface area contributed by atoms with E-state index in [1.807, 2.05) is 44.2 Å². The van der Waals surface area contributed by atoms with Crippen LogP contribution in [0.15, 0.2) is 36.4 Å². The van der Waals surface area contributed by atoms with E-state index in [1.54, 1.807) is 6.07 Å². The minimum atomic E-state index is -0.527. The van der Waals surface area contributed by atoms with Crippen LogP contribution in [-0.2, 0) is 9.59 Å². The minimum Gasteiger partial charge on any atom is -0.483 e. The van der Waals surface area contributed by atoms with Gasteiger partial charge in [0.05, 0.1) is 22.3 Å². The zero-order valence-electron chi connectivity index (χ0n) is 17.2. The highest BCUT2D eigenvalue weighted by Crippen LogP contribution is 2.40. The number of anilines is 1. The molecule has 0 radical (unpaired) electrons. The molecule has 160 valence electrons. The fourth-order valence-electron chi connectivity index (χ4n) is 3.70. The maximum Gasteiger partial charge on any atom is 0.276 e. The van der Waals surface area contributed by atoms with Gasteiger partial charge in [-0.15, -0.1) is 0 Å². The lowest BCUT2D eigenvalue weighted by molar-refractivity contribution is -0.129. The summed E-state index contributed by atoms with van der Waals surface area (Å²) in [6.45, 7) is 3.61. The van der Waals surface area contributed by atoms with Crippen LogP contribution in [0.2, 0.25) is 0 Å². The van der Waals surface area contributed by atoms with E-state index in [-0.39, 0.29) is 24.9 Å². The van der Waals surface area contributed by atoms with E-state index in [0.717, 1.165) is 21.3 Å². The van der Waals surface area contributed by atoms with Crippen LogP contribution in [0.3, 0.4) is 0 Å². The molecule has 8 nitrogen and oxygen atoms in total. The van der Waals surface area contributed by atoms with Crippen molar-refractivity contribution in [2.75, 3.05) is 18.5 Å². The quantitative estimate of drug-likeness (QED) is 0.511. The van der Waals surface area contributed by atoms with Crippen molar-refractivity contribution in [1.82, 2.24) is 15.8 Å². The predicted molar refractivity (Wildman–Crippen MR) is 118 cm³/mol. The number of hydrogen-bond donors (Lipinski definition) is 3. The van der Waals surface area contributed by atoms with Crippen LogP contribution in [0, 0.1) is 6.92 Å². The number of nitrogens with one attached hydrogen (secondary N) is 3. The summed E-state index contributed by atoms with van der Waals surface area (Å²) in [4.78, 5) is 40.7. The summed E-state index contributed by atoms with van der Waals surface area (Å²) in [6, 6.07) is 11.3. The third kappa shape index (κ3) is 4.51. The summed E-state index contributed by atoms with van der Waals surface area (Å²) in [5.41, 5.74) is 8.08. The molecule has 1 aliphatic rings. The molecule has 0 saturated heterocycles. The molecule has 0 aliphatic heterocycles. The van der Waals surface area contributed by atoms with E-state index in [0.29, 0.717) is 22.9 Å². The largest absolute Gasteiger partial charge is 0.483 e. The number of carbonyl (C=O) groups is 3. The van der Waals surface area contributed by atoms with Crippen LogP contribution in [0.5, 0.6) is 5.75 Å². The second-order valence-corrected chi connectivity index (χ2v) is 8.45. The van der Waals surface area contributed by atoms with E-state index >= 15 is 0 Å². The first kappa shape index (κ1) is 20.8. The Bertz CT molecular complexity index is 1140. The molecule has 31 heavy (non-hydrogen) atoms. The van der Waals surface area contributed by atoms with E-state index in [4.69, 9.17) is 4.74 Å². The van der Waals surface area contributed by atoms with Gasteiger partial charge in [0.15, 0.2) is 17.5 Å². The highest BCUT2D eigenvalue weighted by Gasteiger charge is 2.31. The number of ketones is 1. The van der Waals surface area contributed by atoms with E-state index in [9.17, 15) is 14.4 Å². The van der Waals surface area contributed by atoms with Crippen molar-refractivity contribution in [2.45, 2.75) is 26.2 Å². The maximum atomic E-state index is 12.3. The number of hydrazine groups is 1. The maximum absolute atomic E-state index is 12.3. The summed E-state index contributed by atoms with van der Waals surface area (Å²) in [6.07, 6.45) is 0.445. The van der Waals surface area contributed by atoms with Crippen LogP contribution in [-0.4, -0.2) is 35.7 Å². The fraction of sp³-hybridized carbons (Fsp3) is 0.273. The average Bonchev–Trinajstić information content (AvgIpc) is 3.31. The summed E-state index contributed by atoms with van der Waals surface area (Å²) < 4.78 is 6.59. The van der Waals surface area contributed by atoms with E-state index < -0.39 is 11.8 Å². The molecule has 0 fully saturated rings. The van der Waals surface area contributed by atoms with Crippen LogP contribution < -0.4 is 20.9 Å². The number of hydrogen-bond acceptors (Lipinski definition) is 7. The van der Waals surface area contributed by atoms with Crippen molar-refractivity contribution >= 4 is 44.3 Å². The van der Waals surface area contributed by atoms with Crippen molar-refractivity contribution in [3.8, 4) is 5.75 Å². The lowest BCUT2D eigenvalue weighted by atomic mass is 9.97. The molecular formula is C22H22N4O4S. The molecule has 3 aromatic rings. The highest BCUT2D eigenvalue weighted by atomic mass is 32.1. The van der Waals surface area contributed by atoms with Crippen molar-refractivity contribution in [3.05, 3.63) is 53.1 Å². The molecule has 9 heteroatoms. The van der Waals surface area contributed by atoms with E-state index in [1.165, 1.54) is 11.3 Å². The van der Waals surface area contributed by atoms with Gasteiger partial charge < -0.3 is 10.1 Å². The Labute approximate surface area is 183 Å². The number of carbonyl (C=O) groups excluding carboxylic acids is 3. The normalized spacial score (nSPS) is 14.9. The van der Waals surface area contributed by atoms with Crippen LogP contribution in [0.25, 0.3) is 10.2 Å². The Morgan fingerprint density at radius 2 is 1.94 bits per heavy atom. The third-order valence-corrected chi connectivity index (χ3v) is 6.08. The van der Waals surface area contributed by atoms with Crippen LogP contribution >= 0.6 is 11.3 Å². The predicted octanol–water partition coefficient (Wildman–Crippen LogP) is 2.93. The van der Waals surface area contributed by atoms with Gasteiger partial charge in [0.1, 0.15) is 5.75 Å². The van der Waals surface area contributed by atoms with Gasteiger partial charge in [-0.05, 0) is 42.2 Å². The second kappa shape index (κ2) is 8.73. The van der Waals surface area contributed by atoms with Gasteiger partial charge in [-0.25, -0.2) is 4.98 Å². The number of ether oxygens (including phenoxy) is 1. The molecule has 1 unspecified atom stereocenters. The van der Waals surface area contributed by atoms with Gasteiger partial charge in [-0.3, -0.25) is 25.2 Å². The number of amides is 2. The molecule has 0 bridgehead atoms. The molecule has 4 rings (SSSR count). The highest BCUT2D eigenvalue weighted by molar-refractivity contribution is 7.22. The van der Waals surface area contributed by atoms with Crippen LogP contribution in [0.4, 0.5) is 5.13 Å². The molecular weight excluding hydrogens is 416 g/mol. The fourth-order valence-corrected chi connectivity index (χ4v) is 4.56. The Kier molecular flexibility index (Phi) is 5.85. The molecule has 2 aromatic carbocycles. The number of para-hydroxylation sites is 1. The van der Waals surface area contributed by atoms with Gasteiger partial charge in [0.25, 0.3) is 11.8 Å². The van der Waals surface area contributed by atoms with Crippen molar-refractivity contribution in [1.29, 1.82) is 0 Å². The number of benzene rings is 2. The van der Waals surface area contributed by atoms with Gasteiger partial charge >= 0.3 is 0 Å². The van der Waals surface area contributed by atoms with Crippen molar-refractivity contribution in [3.63, 3.8) is 0 Å². The first-order chi connectivity index (χ1) is 14.9. The Morgan fingerprint density at radius 1 is 1.16 bits per heavy atom. The molecule has 1 aliphatic carbocycles. The Morgan fingerprint density at radius 3 is 2.74 bits per heavy atom. The first-order valence-corrected chi connectivity index (χ1v) is 10.7. The average molecular weight is 439 g/mol. The van der Waals surface area contributed by atoms with Gasteiger partial charge in [0, 0.05) is 6.42 Å². The minimum absolute atomic E-state index is 0.0239. The number of rotatable bonds is 6. The number of aromatic nitrogens is 1. The molecule has 1 heterocycles. The summed E-state index contributed by atoms with van der Waals surface area (Å²) in [5, 5.41) is 3.56. The number of aryl methyl sites for hydroxylation is 1. The topological polar surface area (TPSA) is 109 Å². The molecule has 0 saturated carbocycles. The number of fused-ring (bicyclic) bond motifs is 2. The second-order valence-electron chi connectivity index (χ2n) is 7.42. The molecule has 1 aromatic heterocycles. The summed E-state index contributed by atoms with van der Waals surface area (Å²) in [7, 11) is 0. The van der Waals surface area contributed by atoms with Gasteiger partial charge in [-0.1, -0.05) is 36.5 Å². The molecule has 1 atom stereocenters. The SMILES string of the molecule is Cc1ccc(OCC(=O)NNC(=O)CNc2nc3ccccc3s2)c2c1C(C)CC2=O. The monoisotopic (exact) mass is 438 g/mol.